The molecule has 1 aromatic carbocycles. The van der Waals surface area contributed by atoms with Gasteiger partial charge in [0.15, 0.2) is 0 Å². The summed E-state index contributed by atoms with van der Waals surface area (Å²) in [6, 6.07) is 8.11. The van der Waals surface area contributed by atoms with E-state index in [4.69, 9.17) is 11.6 Å². The number of halogens is 1. The first kappa shape index (κ1) is 12.7. The number of fused-ring (bicyclic) bond motifs is 1. The SMILES string of the molecule is CC(C)(c1cccc(Cl)c1)c1n[nH]c2c1CCCC2. The number of aromatic nitrogens is 2. The molecule has 0 atom stereocenters. The smallest absolute Gasteiger partial charge is 0.0756 e. The number of aromatic amines is 1. The van der Waals surface area contributed by atoms with Crippen molar-refractivity contribution in [3.05, 3.63) is 51.8 Å². The van der Waals surface area contributed by atoms with Gasteiger partial charge in [-0.25, -0.2) is 0 Å². The first-order valence-electron chi connectivity index (χ1n) is 6.91. The van der Waals surface area contributed by atoms with Gasteiger partial charge in [0.05, 0.1) is 5.69 Å². The molecule has 1 aliphatic carbocycles. The van der Waals surface area contributed by atoms with E-state index in [1.54, 1.807) is 0 Å². The number of nitrogens with one attached hydrogen (secondary N) is 1. The van der Waals surface area contributed by atoms with Crippen LogP contribution in [0.25, 0.3) is 0 Å². The molecule has 0 saturated heterocycles. The van der Waals surface area contributed by atoms with Gasteiger partial charge in [-0.05, 0) is 48.9 Å². The lowest BCUT2D eigenvalue weighted by atomic mass is 9.78. The third kappa shape index (κ3) is 2.18. The molecule has 0 unspecified atom stereocenters. The molecule has 0 bridgehead atoms. The first-order chi connectivity index (χ1) is 9.09. The van der Waals surface area contributed by atoms with Crippen molar-refractivity contribution in [1.82, 2.24) is 10.2 Å². The molecule has 0 aliphatic heterocycles. The maximum absolute atomic E-state index is 6.13. The van der Waals surface area contributed by atoms with Crippen molar-refractivity contribution in [2.45, 2.75) is 44.9 Å². The van der Waals surface area contributed by atoms with Crippen LogP contribution in [0.15, 0.2) is 24.3 Å². The maximum atomic E-state index is 6.13. The number of H-pyrrole nitrogens is 1. The highest BCUT2D eigenvalue weighted by atomic mass is 35.5. The summed E-state index contributed by atoms with van der Waals surface area (Å²) in [5.74, 6) is 0. The fraction of sp³-hybridized carbons (Fsp3) is 0.438. The lowest BCUT2D eigenvalue weighted by Gasteiger charge is -2.26. The Labute approximate surface area is 119 Å². The predicted molar refractivity (Wildman–Crippen MR) is 78.8 cm³/mol. The molecular formula is C16H19ClN2. The van der Waals surface area contributed by atoms with Gasteiger partial charge >= 0.3 is 0 Å². The average molecular weight is 275 g/mol. The highest BCUT2D eigenvalue weighted by molar-refractivity contribution is 6.30. The van der Waals surface area contributed by atoms with Crippen LogP contribution in [0.1, 0.15) is 49.2 Å². The van der Waals surface area contributed by atoms with E-state index in [2.05, 4.69) is 30.1 Å². The minimum absolute atomic E-state index is 0.105. The van der Waals surface area contributed by atoms with Crippen LogP contribution in [0.5, 0.6) is 0 Å². The summed E-state index contributed by atoms with van der Waals surface area (Å²) in [6.07, 6.45) is 4.82. The van der Waals surface area contributed by atoms with Gasteiger partial charge in [-0.1, -0.05) is 37.6 Å². The molecule has 0 spiro atoms. The van der Waals surface area contributed by atoms with E-state index in [9.17, 15) is 0 Å². The normalized spacial score (nSPS) is 15.3. The minimum Gasteiger partial charge on any atom is -0.282 e. The van der Waals surface area contributed by atoms with Crippen molar-refractivity contribution >= 4 is 11.6 Å². The molecular weight excluding hydrogens is 256 g/mol. The summed E-state index contributed by atoms with van der Waals surface area (Å²) in [7, 11) is 0. The third-order valence-electron chi connectivity index (χ3n) is 4.19. The summed E-state index contributed by atoms with van der Waals surface area (Å²) in [4.78, 5) is 0. The molecule has 1 N–H and O–H groups in total. The average Bonchev–Trinajstić information content (AvgIpc) is 2.83. The Balaban J connectivity index is 2.07. The van der Waals surface area contributed by atoms with Gasteiger partial charge in [0, 0.05) is 16.1 Å². The topological polar surface area (TPSA) is 28.7 Å². The molecule has 19 heavy (non-hydrogen) atoms. The number of benzene rings is 1. The molecule has 2 nitrogen and oxygen atoms in total. The van der Waals surface area contributed by atoms with E-state index in [0.717, 1.165) is 17.9 Å². The molecule has 0 saturated carbocycles. The minimum atomic E-state index is -0.105. The van der Waals surface area contributed by atoms with Gasteiger partial charge in [-0.3, -0.25) is 5.10 Å². The Bertz CT molecular complexity index is 599. The molecule has 2 aromatic rings. The van der Waals surface area contributed by atoms with Crippen LogP contribution in [0, 0.1) is 0 Å². The summed E-state index contributed by atoms with van der Waals surface area (Å²) in [5.41, 5.74) is 5.06. The molecule has 0 radical (unpaired) electrons. The van der Waals surface area contributed by atoms with Crippen molar-refractivity contribution in [3.8, 4) is 0 Å². The zero-order valence-corrected chi connectivity index (χ0v) is 12.2. The fourth-order valence-corrected chi connectivity index (χ4v) is 3.20. The van der Waals surface area contributed by atoms with Gasteiger partial charge in [0.2, 0.25) is 0 Å². The zero-order valence-electron chi connectivity index (χ0n) is 11.5. The van der Waals surface area contributed by atoms with Crippen LogP contribution in [0.3, 0.4) is 0 Å². The Morgan fingerprint density at radius 2 is 2.00 bits per heavy atom. The molecule has 3 heteroatoms. The fourth-order valence-electron chi connectivity index (χ4n) is 3.01. The van der Waals surface area contributed by atoms with E-state index < -0.39 is 0 Å². The van der Waals surface area contributed by atoms with Crippen LogP contribution in [0.2, 0.25) is 5.02 Å². The van der Waals surface area contributed by atoms with E-state index in [1.165, 1.54) is 35.4 Å². The molecule has 1 heterocycles. The van der Waals surface area contributed by atoms with Crippen molar-refractivity contribution in [2.24, 2.45) is 0 Å². The summed E-state index contributed by atoms with van der Waals surface area (Å²) in [5, 5.41) is 8.63. The van der Waals surface area contributed by atoms with Crippen LogP contribution in [0.4, 0.5) is 0 Å². The monoisotopic (exact) mass is 274 g/mol. The first-order valence-corrected chi connectivity index (χ1v) is 7.29. The predicted octanol–water partition coefficient (Wildman–Crippen LogP) is 4.27. The van der Waals surface area contributed by atoms with Gasteiger partial charge in [-0.15, -0.1) is 0 Å². The Morgan fingerprint density at radius 3 is 2.79 bits per heavy atom. The van der Waals surface area contributed by atoms with Crippen LogP contribution in [-0.2, 0) is 18.3 Å². The van der Waals surface area contributed by atoms with Gasteiger partial charge in [-0.2, -0.15) is 5.10 Å². The number of rotatable bonds is 2. The lowest BCUT2D eigenvalue weighted by Crippen LogP contribution is -2.22. The highest BCUT2D eigenvalue weighted by Gasteiger charge is 2.31. The zero-order chi connectivity index (χ0) is 13.5. The molecule has 1 aliphatic rings. The van der Waals surface area contributed by atoms with E-state index in [-0.39, 0.29) is 5.41 Å². The number of aryl methyl sites for hydroxylation is 1. The second-order valence-electron chi connectivity index (χ2n) is 5.87. The van der Waals surface area contributed by atoms with E-state index in [1.807, 2.05) is 18.2 Å². The van der Waals surface area contributed by atoms with Crippen molar-refractivity contribution in [2.75, 3.05) is 0 Å². The van der Waals surface area contributed by atoms with Crippen LogP contribution in [-0.4, -0.2) is 10.2 Å². The molecule has 3 rings (SSSR count). The third-order valence-corrected chi connectivity index (χ3v) is 4.43. The molecule has 0 amide bonds. The standard InChI is InChI=1S/C16H19ClN2/c1-16(2,11-6-5-7-12(17)10-11)15-13-8-3-4-9-14(13)18-19-15/h5-7,10H,3-4,8-9H2,1-2H3,(H,18,19). The molecule has 1 aromatic heterocycles. The van der Waals surface area contributed by atoms with Gasteiger partial charge in [0.1, 0.15) is 0 Å². The second-order valence-corrected chi connectivity index (χ2v) is 6.31. The van der Waals surface area contributed by atoms with Gasteiger partial charge < -0.3 is 0 Å². The molecule has 0 fully saturated rings. The molecule has 100 valence electrons. The Kier molecular flexibility index (Phi) is 3.14. The van der Waals surface area contributed by atoms with Crippen molar-refractivity contribution in [1.29, 1.82) is 0 Å². The largest absolute Gasteiger partial charge is 0.282 e. The Hall–Kier alpha value is -1.28. The lowest BCUT2D eigenvalue weighted by molar-refractivity contribution is 0.598. The summed E-state index contributed by atoms with van der Waals surface area (Å²) in [6.45, 7) is 4.45. The second kappa shape index (κ2) is 4.68. The number of hydrogen-bond acceptors (Lipinski definition) is 1. The quantitative estimate of drug-likeness (QED) is 0.871. The maximum Gasteiger partial charge on any atom is 0.0756 e. The van der Waals surface area contributed by atoms with Crippen molar-refractivity contribution in [3.63, 3.8) is 0 Å². The summed E-state index contributed by atoms with van der Waals surface area (Å²) >= 11 is 6.13. The Morgan fingerprint density at radius 1 is 1.21 bits per heavy atom. The summed E-state index contributed by atoms with van der Waals surface area (Å²) < 4.78 is 0. The highest BCUT2D eigenvalue weighted by Crippen LogP contribution is 2.36. The number of hydrogen-bond donors (Lipinski definition) is 1. The van der Waals surface area contributed by atoms with Crippen molar-refractivity contribution < 1.29 is 0 Å². The number of nitrogens with zero attached hydrogens (tertiary/aromatic N) is 1. The van der Waals surface area contributed by atoms with Crippen LogP contribution < -0.4 is 0 Å². The van der Waals surface area contributed by atoms with E-state index in [0.29, 0.717) is 0 Å². The van der Waals surface area contributed by atoms with Crippen LogP contribution >= 0.6 is 11.6 Å². The van der Waals surface area contributed by atoms with Gasteiger partial charge in [0.25, 0.3) is 0 Å². The van der Waals surface area contributed by atoms with E-state index >= 15 is 0 Å².